The summed E-state index contributed by atoms with van der Waals surface area (Å²) in [5, 5.41) is 21.0. The van der Waals surface area contributed by atoms with Crippen molar-refractivity contribution in [2.75, 3.05) is 0 Å². The molecular weight excluding hydrogens is 317 g/mol. The van der Waals surface area contributed by atoms with Crippen molar-refractivity contribution in [2.24, 2.45) is 5.92 Å². The highest BCUT2D eigenvalue weighted by molar-refractivity contribution is 5.81. The monoisotopic (exact) mass is 334 g/mol. The van der Waals surface area contributed by atoms with Crippen molar-refractivity contribution in [2.45, 2.75) is 37.1 Å². The highest BCUT2D eigenvalue weighted by atomic mass is 19.4. The molecule has 4 rings (SSSR count). The third-order valence-electron chi connectivity index (χ3n) is 5.39. The van der Waals surface area contributed by atoms with Gasteiger partial charge >= 0.3 is 6.18 Å². The highest BCUT2D eigenvalue weighted by Gasteiger charge is 2.60. The highest BCUT2D eigenvalue weighted by Crippen LogP contribution is 2.55. The Kier molecular flexibility index (Phi) is 3.31. The van der Waals surface area contributed by atoms with E-state index in [-0.39, 0.29) is 17.0 Å². The third-order valence-corrected chi connectivity index (χ3v) is 5.39. The Morgan fingerprint density at radius 3 is 2.29 bits per heavy atom. The van der Waals surface area contributed by atoms with Crippen molar-refractivity contribution in [1.29, 1.82) is 0 Å². The van der Waals surface area contributed by atoms with Crippen LogP contribution in [-0.2, 0) is 5.60 Å². The molecule has 24 heavy (non-hydrogen) atoms. The van der Waals surface area contributed by atoms with Crippen LogP contribution in [0.5, 0.6) is 0 Å². The summed E-state index contributed by atoms with van der Waals surface area (Å²) in [5.41, 5.74) is -2.18. The lowest BCUT2D eigenvalue weighted by Gasteiger charge is -2.32. The number of fused-ring (bicyclic) bond motifs is 3. The Morgan fingerprint density at radius 2 is 1.67 bits per heavy atom. The second kappa shape index (κ2) is 5.07. The molecule has 0 radical (unpaired) electrons. The van der Waals surface area contributed by atoms with E-state index in [2.05, 4.69) is 0 Å². The van der Waals surface area contributed by atoms with Gasteiger partial charge in [0.15, 0.2) is 0 Å². The largest absolute Gasteiger partial charge is 0.425 e. The smallest absolute Gasteiger partial charge is 0.388 e. The second-order valence-electron chi connectivity index (χ2n) is 6.69. The van der Waals surface area contributed by atoms with Crippen LogP contribution < -0.4 is 0 Å². The van der Waals surface area contributed by atoms with Gasteiger partial charge in [0.1, 0.15) is 0 Å². The molecule has 0 heterocycles. The van der Waals surface area contributed by atoms with Gasteiger partial charge in [-0.1, -0.05) is 42.8 Å². The fourth-order valence-corrected chi connectivity index (χ4v) is 3.79. The molecule has 126 valence electrons. The maximum Gasteiger partial charge on any atom is 0.425 e. The number of halogens is 3. The minimum absolute atomic E-state index is 0.0887. The Hall–Kier alpha value is -1.85. The van der Waals surface area contributed by atoms with Crippen LogP contribution in [0, 0.1) is 5.92 Å². The molecule has 2 nitrogen and oxygen atoms in total. The second-order valence-corrected chi connectivity index (χ2v) is 6.69. The van der Waals surface area contributed by atoms with Crippen LogP contribution >= 0.6 is 0 Å². The van der Waals surface area contributed by atoms with Crippen LogP contribution in [0.3, 0.4) is 0 Å². The Labute approximate surface area is 137 Å². The lowest BCUT2D eigenvalue weighted by Crippen LogP contribution is -2.41. The number of aliphatic hydroxyl groups excluding tert-OH is 1. The van der Waals surface area contributed by atoms with E-state index in [4.69, 9.17) is 0 Å². The van der Waals surface area contributed by atoms with Gasteiger partial charge < -0.3 is 10.2 Å². The molecule has 2 aromatic carbocycles. The summed E-state index contributed by atoms with van der Waals surface area (Å²) in [6.45, 7) is 0. The predicted molar refractivity (Wildman–Crippen MR) is 83.2 cm³/mol. The SMILES string of the molecule is OC(c1ccc2c(c1)C(O)(C(F)(F)F)c1ccccc1-2)C1CCC1. The maximum absolute atomic E-state index is 13.8. The van der Waals surface area contributed by atoms with Crippen molar-refractivity contribution in [3.8, 4) is 11.1 Å². The number of alkyl halides is 3. The van der Waals surface area contributed by atoms with E-state index in [1.807, 2.05) is 0 Å². The van der Waals surface area contributed by atoms with Crippen molar-refractivity contribution >= 4 is 0 Å². The maximum atomic E-state index is 13.8. The topological polar surface area (TPSA) is 40.5 Å². The van der Waals surface area contributed by atoms with E-state index in [9.17, 15) is 23.4 Å². The van der Waals surface area contributed by atoms with Crippen molar-refractivity contribution in [3.63, 3.8) is 0 Å². The quantitative estimate of drug-likeness (QED) is 0.860. The molecule has 2 N–H and O–H groups in total. The number of benzene rings is 2. The summed E-state index contributed by atoms with van der Waals surface area (Å²) in [5.74, 6) is 0.0887. The number of hydrogen-bond donors (Lipinski definition) is 2. The van der Waals surface area contributed by atoms with Gasteiger partial charge in [-0.15, -0.1) is 0 Å². The van der Waals surface area contributed by atoms with Gasteiger partial charge in [0, 0.05) is 11.1 Å². The zero-order valence-corrected chi connectivity index (χ0v) is 12.8. The molecule has 2 unspecified atom stereocenters. The molecule has 0 bridgehead atoms. The van der Waals surface area contributed by atoms with Crippen molar-refractivity contribution in [3.05, 3.63) is 59.2 Å². The molecule has 2 aliphatic rings. The first-order valence-electron chi connectivity index (χ1n) is 8.05. The molecular formula is C19H17F3O2. The van der Waals surface area contributed by atoms with Crippen LogP contribution in [0.4, 0.5) is 13.2 Å². The molecule has 0 amide bonds. The minimum atomic E-state index is -4.84. The standard InChI is InChI=1S/C19H17F3O2/c20-19(21,22)18(24)15-7-2-1-6-13(15)14-9-8-12(10-16(14)18)17(23)11-4-3-5-11/h1-2,6-11,17,23-24H,3-5H2. The van der Waals surface area contributed by atoms with E-state index < -0.39 is 17.9 Å². The van der Waals surface area contributed by atoms with Gasteiger partial charge in [-0.25, -0.2) is 0 Å². The minimum Gasteiger partial charge on any atom is -0.388 e. The van der Waals surface area contributed by atoms with Gasteiger partial charge in [-0.3, -0.25) is 0 Å². The summed E-state index contributed by atoms with van der Waals surface area (Å²) in [4.78, 5) is 0. The molecule has 0 aliphatic heterocycles. The van der Waals surface area contributed by atoms with Gasteiger partial charge in [0.2, 0.25) is 5.60 Å². The molecule has 1 fully saturated rings. The first-order valence-corrected chi connectivity index (χ1v) is 8.05. The molecule has 0 spiro atoms. The third kappa shape index (κ3) is 1.98. The molecule has 2 aromatic rings. The van der Waals surface area contributed by atoms with Crippen LogP contribution in [-0.4, -0.2) is 16.4 Å². The van der Waals surface area contributed by atoms with E-state index in [0.29, 0.717) is 16.7 Å². The normalized spacial score (nSPS) is 24.2. The Bertz CT molecular complexity index is 795. The first-order chi connectivity index (χ1) is 11.3. The predicted octanol–water partition coefficient (Wildman–Crippen LogP) is 4.30. The zero-order chi connectivity index (χ0) is 17.1. The molecule has 2 aliphatic carbocycles. The molecule has 2 atom stereocenters. The summed E-state index contributed by atoms with van der Waals surface area (Å²) in [6.07, 6.45) is -2.84. The zero-order valence-electron chi connectivity index (χ0n) is 12.8. The first kappa shape index (κ1) is 15.7. The van der Waals surface area contributed by atoms with Gasteiger partial charge in [-0.05, 0) is 41.5 Å². The van der Waals surface area contributed by atoms with Crippen LogP contribution in [0.15, 0.2) is 42.5 Å². The van der Waals surface area contributed by atoms with Gasteiger partial charge in [-0.2, -0.15) is 13.2 Å². The molecule has 1 saturated carbocycles. The average molecular weight is 334 g/mol. The van der Waals surface area contributed by atoms with Crippen LogP contribution in [0.25, 0.3) is 11.1 Å². The number of hydrogen-bond acceptors (Lipinski definition) is 2. The molecule has 0 aromatic heterocycles. The average Bonchev–Trinajstić information content (AvgIpc) is 2.76. The van der Waals surface area contributed by atoms with E-state index in [1.54, 1.807) is 24.3 Å². The van der Waals surface area contributed by atoms with Crippen LogP contribution in [0.2, 0.25) is 0 Å². The summed E-state index contributed by atoms with van der Waals surface area (Å²) in [7, 11) is 0. The molecule has 5 heteroatoms. The lowest BCUT2D eigenvalue weighted by atomic mass is 9.78. The van der Waals surface area contributed by atoms with E-state index >= 15 is 0 Å². The fraction of sp³-hybridized carbons (Fsp3) is 0.368. The number of aliphatic hydroxyl groups is 2. The van der Waals surface area contributed by atoms with Gasteiger partial charge in [0.05, 0.1) is 6.10 Å². The summed E-state index contributed by atoms with van der Waals surface area (Å²) >= 11 is 0. The number of rotatable bonds is 2. The van der Waals surface area contributed by atoms with E-state index in [0.717, 1.165) is 19.3 Å². The Balaban J connectivity index is 1.89. The fourth-order valence-electron chi connectivity index (χ4n) is 3.79. The molecule has 0 saturated heterocycles. The summed E-state index contributed by atoms with van der Waals surface area (Å²) < 4.78 is 41.3. The van der Waals surface area contributed by atoms with Gasteiger partial charge in [0.25, 0.3) is 0 Å². The Morgan fingerprint density at radius 1 is 1.00 bits per heavy atom. The van der Waals surface area contributed by atoms with Crippen molar-refractivity contribution < 1.29 is 23.4 Å². The van der Waals surface area contributed by atoms with Crippen molar-refractivity contribution in [1.82, 2.24) is 0 Å². The van der Waals surface area contributed by atoms with E-state index in [1.165, 1.54) is 18.2 Å². The summed E-state index contributed by atoms with van der Waals surface area (Å²) in [6, 6.07) is 10.6. The van der Waals surface area contributed by atoms with Crippen LogP contribution in [0.1, 0.15) is 42.1 Å². The lowest BCUT2D eigenvalue weighted by molar-refractivity contribution is -0.246.